The second kappa shape index (κ2) is 3.38. The van der Waals surface area contributed by atoms with E-state index in [1.54, 1.807) is 20.2 Å². The normalized spacial score (nSPS) is 18.3. The average Bonchev–Trinajstić information content (AvgIpc) is 2.30. The second-order valence-electron chi connectivity index (χ2n) is 3.33. The third-order valence-corrected chi connectivity index (χ3v) is 2.79. The van der Waals surface area contributed by atoms with Crippen LogP contribution in [-0.2, 0) is 12.7 Å². The minimum absolute atomic E-state index is 0.475. The van der Waals surface area contributed by atoms with E-state index in [-0.39, 0.29) is 0 Å². The summed E-state index contributed by atoms with van der Waals surface area (Å²) in [6, 6.07) is -0.570. The molecular formula is C8H13BrFN3. The second-order valence-corrected chi connectivity index (χ2v) is 4.18. The molecule has 0 radical (unpaired) electrons. The Labute approximate surface area is 85.2 Å². The Bertz CT molecular complexity index is 287. The number of hydrogen-bond donors (Lipinski definition) is 1. The highest BCUT2D eigenvalue weighted by atomic mass is 79.9. The summed E-state index contributed by atoms with van der Waals surface area (Å²) in [7, 11) is 1.69. The van der Waals surface area contributed by atoms with Crippen molar-refractivity contribution in [2.24, 2.45) is 12.8 Å². The van der Waals surface area contributed by atoms with Gasteiger partial charge in [-0.2, -0.15) is 5.10 Å². The summed E-state index contributed by atoms with van der Waals surface area (Å²) in [5, 5.41) is 3.94. The fraction of sp³-hybridized carbons (Fsp3) is 0.625. The van der Waals surface area contributed by atoms with Crippen LogP contribution in [0.2, 0.25) is 0 Å². The maximum atomic E-state index is 14.1. The molecule has 0 saturated carbocycles. The Morgan fingerprint density at radius 3 is 2.62 bits per heavy atom. The van der Waals surface area contributed by atoms with E-state index in [2.05, 4.69) is 21.0 Å². The van der Waals surface area contributed by atoms with Gasteiger partial charge in [-0.15, -0.1) is 0 Å². The highest BCUT2D eigenvalue weighted by Gasteiger charge is 2.35. The van der Waals surface area contributed by atoms with Crippen LogP contribution in [0.3, 0.4) is 0 Å². The number of aromatic nitrogens is 2. The van der Waals surface area contributed by atoms with Gasteiger partial charge in [0.1, 0.15) is 0 Å². The number of nitrogens with zero attached hydrogens (tertiary/aromatic N) is 2. The smallest absolute Gasteiger partial charge is 0.165 e. The van der Waals surface area contributed by atoms with Crippen molar-refractivity contribution in [1.82, 2.24) is 9.78 Å². The molecule has 1 heterocycles. The molecule has 2 atom stereocenters. The first-order chi connectivity index (χ1) is 5.87. The highest BCUT2D eigenvalue weighted by Crippen LogP contribution is 2.33. The van der Waals surface area contributed by atoms with Crippen molar-refractivity contribution in [3.63, 3.8) is 0 Å². The zero-order chi connectivity index (χ0) is 10.2. The van der Waals surface area contributed by atoms with Crippen LogP contribution >= 0.6 is 15.9 Å². The number of alkyl halides is 1. The van der Waals surface area contributed by atoms with Crippen molar-refractivity contribution >= 4 is 15.9 Å². The standard InChI is InChI=1S/C8H13BrFN3/c1-5(11)8(2,10)7-6(9)4-12-13(7)3/h4-5H,11H2,1-3H3. The summed E-state index contributed by atoms with van der Waals surface area (Å²) < 4.78 is 16.2. The Morgan fingerprint density at radius 2 is 2.31 bits per heavy atom. The van der Waals surface area contributed by atoms with Gasteiger partial charge in [0.2, 0.25) is 0 Å². The quantitative estimate of drug-likeness (QED) is 0.868. The van der Waals surface area contributed by atoms with Crippen molar-refractivity contribution in [2.45, 2.75) is 25.6 Å². The lowest BCUT2D eigenvalue weighted by Gasteiger charge is -2.25. The number of aryl methyl sites for hydroxylation is 1. The molecule has 5 heteroatoms. The summed E-state index contributed by atoms with van der Waals surface area (Å²) >= 11 is 3.24. The lowest BCUT2D eigenvalue weighted by Crippen LogP contribution is -2.38. The molecule has 0 saturated heterocycles. The fourth-order valence-electron chi connectivity index (χ4n) is 1.18. The average molecular weight is 250 g/mol. The molecule has 74 valence electrons. The van der Waals surface area contributed by atoms with Gasteiger partial charge < -0.3 is 5.73 Å². The van der Waals surface area contributed by atoms with Crippen molar-refractivity contribution < 1.29 is 4.39 Å². The first kappa shape index (κ1) is 10.7. The molecule has 1 rings (SSSR count). The molecule has 0 aromatic carbocycles. The lowest BCUT2D eigenvalue weighted by molar-refractivity contribution is 0.144. The van der Waals surface area contributed by atoms with Gasteiger partial charge in [-0.25, -0.2) is 4.39 Å². The number of nitrogens with two attached hydrogens (primary N) is 1. The summed E-state index contributed by atoms with van der Waals surface area (Å²) in [4.78, 5) is 0. The zero-order valence-electron chi connectivity index (χ0n) is 7.88. The predicted octanol–water partition coefficient (Wildman–Crippen LogP) is 1.71. The van der Waals surface area contributed by atoms with Crippen molar-refractivity contribution in [1.29, 1.82) is 0 Å². The highest BCUT2D eigenvalue weighted by molar-refractivity contribution is 9.10. The van der Waals surface area contributed by atoms with Gasteiger partial charge in [0, 0.05) is 13.1 Å². The first-order valence-electron chi connectivity index (χ1n) is 4.00. The summed E-state index contributed by atoms with van der Waals surface area (Å²) in [5.41, 5.74) is 4.47. The van der Waals surface area contributed by atoms with E-state index in [4.69, 9.17) is 5.73 Å². The van der Waals surface area contributed by atoms with E-state index in [9.17, 15) is 4.39 Å². The zero-order valence-corrected chi connectivity index (χ0v) is 9.47. The number of rotatable bonds is 2. The molecule has 2 unspecified atom stereocenters. The third-order valence-electron chi connectivity index (χ3n) is 2.21. The summed E-state index contributed by atoms with van der Waals surface area (Å²) in [5.74, 6) is 0. The maximum absolute atomic E-state index is 14.1. The van der Waals surface area contributed by atoms with E-state index in [1.165, 1.54) is 11.6 Å². The minimum atomic E-state index is -1.57. The van der Waals surface area contributed by atoms with Crippen molar-refractivity contribution in [3.8, 4) is 0 Å². The molecule has 0 fully saturated rings. The fourth-order valence-corrected chi connectivity index (χ4v) is 1.91. The Hall–Kier alpha value is -0.420. The molecule has 13 heavy (non-hydrogen) atoms. The van der Waals surface area contributed by atoms with Gasteiger partial charge in [0.15, 0.2) is 5.67 Å². The lowest BCUT2D eigenvalue weighted by atomic mass is 9.97. The van der Waals surface area contributed by atoms with Crippen LogP contribution in [0.5, 0.6) is 0 Å². The molecule has 0 aliphatic heterocycles. The minimum Gasteiger partial charge on any atom is -0.325 e. The van der Waals surface area contributed by atoms with Gasteiger partial charge in [-0.1, -0.05) is 0 Å². The molecule has 0 spiro atoms. The Morgan fingerprint density at radius 1 is 1.77 bits per heavy atom. The molecule has 0 aliphatic rings. The Balaban J connectivity index is 3.20. The van der Waals surface area contributed by atoms with Gasteiger partial charge in [0.25, 0.3) is 0 Å². The Kier molecular flexibility index (Phi) is 2.77. The van der Waals surface area contributed by atoms with Gasteiger partial charge in [-0.05, 0) is 29.8 Å². The molecule has 0 bridgehead atoms. The monoisotopic (exact) mass is 249 g/mol. The van der Waals surface area contributed by atoms with Crippen LogP contribution in [0.15, 0.2) is 10.7 Å². The van der Waals surface area contributed by atoms with Crippen molar-refractivity contribution in [2.75, 3.05) is 0 Å². The van der Waals surface area contributed by atoms with E-state index in [0.29, 0.717) is 10.2 Å². The molecule has 1 aromatic rings. The van der Waals surface area contributed by atoms with E-state index >= 15 is 0 Å². The van der Waals surface area contributed by atoms with Crippen LogP contribution in [0.1, 0.15) is 19.5 Å². The van der Waals surface area contributed by atoms with Crippen LogP contribution in [-0.4, -0.2) is 15.8 Å². The maximum Gasteiger partial charge on any atom is 0.165 e. The number of halogens is 2. The van der Waals surface area contributed by atoms with Crippen LogP contribution in [0.25, 0.3) is 0 Å². The molecule has 3 nitrogen and oxygen atoms in total. The molecule has 0 aliphatic carbocycles. The van der Waals surface area contributed by atoms with Crippen molar-refractivity contribution in [3.05, 3.63) is 16.4 Å². The SMILES string of the molecule is CC(N)C(C)(F)c1c(Br)cnn1C. The molecule has 1 aromatic heterocycles. The topological polar surface area (TPSA) is 43.8 Å². The third kappa shape index (κ3) is 1.76. The predicted molar refractivity (Wildman–Crippen MR) is 53.0 cm³/mol. The van der Waals surface area contributed by atoms with E-state index in [0.717, 1.165) is 0 Å². The summed E-state index contributed by atoms with van der Waals surface area (Å²) in [6.07, 6.45) is 1.57. The van der Waals surface area contributed by atoms with Crippen LogP contribution in [0.4, 0.5) is 4.39 Å². The first-order valence-corrected chi connectivity index (χ1v) is 4.79. The molecule has 0 amide bonds. The summed E-state index contributed by atoms with van der Waals surface area (Å²) in [6.45, 7) is 3.10. The van der Waals surface area contributed by atoms with E-state index < -0.39 is 11.7 Å². The number of hydrogen-bond acceptors (Lipinski definition) is 2. The molecule has 2 N–H and O–H groups in total. The van der Waals surface area contributed by atoms with Gasteiger partial charge >= 0.3 is 0 Å². The largest absolute Gasteiger partial charge is 0.325 e. The van der Waals surface area contributed by atoms with Gasteiger partial charge in [-0.3, -0.25) is 4.68 Å². The molecular weight excluding hydrogens is 237 g/mol. The van der Waals surface area contributed by atoms with Gasteiger partial charge in [0.05, 0.1) is 16.4 Å². The van der Waals surface area contributed by atoms with Crippen LogP contribution < -0.4 is 5.73 Å². The van der Waals surface area contributed by atoms with Crippen LogP contribution in [0, 0.1) is 0 Å². The van der Waals surface area contributed by atoms with E-state index in [1.807, 2.05) is 0 Å².